The van der Waals surface area contributed by atoms with Crippen molar-refractivity contribution < 1.29 is 14.4 Å². The molecule has 0 radical (unpaired) electrons. The second kappa shape index (κ2) is 5.52. The van der Waals surface area contributed by atoms with Crippen LogP contribution in [0.1, 0.15) is 27.7 Å². The van der Waals surface area contributed by atoms with Crippen LogP contribution in [0.2, 0.25) is 0 Å². The lowest BCUT2D eigenvalue weighted by Gasteiger charge is -2.13. The third-order valence-electron chi connectivity index (χ3n) is 1.82. The van der Waals surface area contributed by atoms with E-state index in [2.05, 4.69) is 0 Å². The van der Waals surface area contributed by atoms with Gasteiger partial charge in [0.2, 0.25) is 0 Å². The van der Waals surface area contributed by atoms with Gasteiger partial charge < -0.3 is 9.47 Å². The van der Waals surface area contributed by atoms with Crippen molar-refractivity contribution in [3.05, 3.63) is 28.3 Å². The van der Waals surface area contributed by atoms with Crippen LogP contribution in [-0.2, 0) is 0 Å². The number of hydrogen-bond donors (Lipinski definition) is 0. The van der Waals surface area contributed by atoms with E-state index >= 15 is 0 Å². The third kappa shape index (κ3) is 4.30. The average molecular weight is 239 g/mol. The minimum atomic E-state index is -0.458. The van der Waals surface area contributed by atoms with Gasteiger partial charge in [-0.3, -0.25) is 10.1 Å². The summed E-state index contributed by atoms with van der Waals surface area (Å²) in [5, 5.41) is 10.8. The zero-order chi connectivity index (χ0) is 13.0. The Hall–Kier alpha value is -1.78. The number of benzene rings is 1. The van der Waals surface area contributed by atoms with Crippen LogP contribution in [0.25, 0.3) is 0 Å². The van der Waals surface area contributed by atoms with Gasteiger partial charge in [-0.15, -0.1) is 0 Å². The minimum absolute atomic E-state index is 0.0289. The quantitative estimate of drug-likeness (QED) is 0.584. The number of hydrogen-bond acceptors (Lipinski definition) is 4. The molecular formula is C12H17NO4. The molecule has 17 heavy (non-hydrogen) atoms. The fraction of sp³-hybridized carbons (Fsp3) is 0.500. The third-order valence-corrected chi connectivity index (χ3v) is 1.82. The van der Waals surface area contributed by atoms with Gasteiger partial charge in [0.05, 0.1) is 29.3 Å². The molecule has 0 saturated carbocycles. The Morgan fingerprint density at radius 3 is 1.71 bits per heavy atom. The molecule has 94 valence electrons. The monoisotopic (exact) mass is 239 g/mol. The molecule has 0 amide bonds. The molecule has 0 saturated heterocycles. The number of nitro groups is 1. The maximum absolute atomic E-state index is 10.8. The lowest BCUT2D eigenvalue weighted by molar-refractivity contribution is -0.385. The van der Waals surface area contributed by atoms with Gasteiger partial charge in [-0.05, 0) is 27.7 Å². The minimum Gasteiger partial charge on any atom is -0.491 e. The van der Waals surface area contributed by atoms with Crippen molar-refractivity contribution in [2.45, 2.75) is 39.9 Å². The van der Waals surface area contributed by atoms with Crippen LogP contribution in [0, 0.1) is 10.1 Å². The Bertz CT molecular complexity index is 373. The van der Waals surface area contributed by atoms with Crippen molar-refractivity contribution >= 4 is 5.69 Å². The first-order valence-electron chi connectivity index (χ1n) is 5.51. The largest absolute Gasteiger partial charge is 0.491 e. The lowest BCUT2D eigenvalue weighted by atomic mass is 10.2. The summed E-state index contributed by atoms with van der Waals surface area (Å²) in [5.74, 6) is 0.898. The number of nitrogens with zero attached hydrogens (tertiary/aromatic N) is 1. The van der Waals surface area contributed by atoms with Crippen LogP contribution < -0.4 is 9.47 Å². The van der Waals surface area contributed by atoms with Gasteiger partial charge in [0.25, 0.3) is 5.69 Å². The first kappa shape index (κ1) is 13.3. The number of ether oxygens (including phenoxy) is 2. The zero-order valence-electron chi connectivity index (χ0n) is 10.5. The van der Waals surface area contributed by atoms with Gasteiger partial charge in [-0.2, -0.15) is 0 Å². The summed E-state index contributed by atoms with van der Waals surface area (Å²) in [6, 6.07) is 4.45. The first-order valence-corrected chi connectivity index (χ1v) is 5.51. The molecule has 5 heteroatoms. The number of non-ortho nitro benzene ring substituents is 1. The SMILES string of the molecule is CC(C)Oc1cc(OC(C)C)cc([N+](=O)[O-])c1. The maximum Gasteiger partial charge on any atom is 0.276 e. The topological polar surface area (TPSA) is 61.6 Å². The van der Waals surface area contributed by atoms with Gasteiger partial charge in [-0.1, -0.05) is 0 Å². The van der Waals surface area contributed by atoms with E-state index in [9.17, 15) is 10.1 Å². The molecule has 0 spiro atoms. The molecular weight excluding hydrogens is 222 g/mol. The fourth-order valence-corrected chi connectivity index (χ4v) is 1.34. The summed E-state index contributed by atoms with van der Waals surface area (Å²) in [7, 11) is 0. The second-order valence-electron chi connectivity index (χ2n) is 4.25. The van der Waals surface area contributed by atoms with Gasteiger partial charge in [0.1, 0.15) is 11.5 Å². The molecule has 0 aliphatic rings. The fourth-order valence-electron chi connectivity index (χ4n) is 1.34. The molecule has 0 aromatic heterocycles. The molecule has 0 heterocycles. The molecule has 1 aromatic carbocycles. The molecule has 0 aliphatic heterocycles. The molecule has 1 aromatic rings. The molecule has 0 bridgehead atoms. The van der Waals surface area contributed by atoms with Crippen LogP contribution in [-0.4, -0.2) is 17.1 Å². The highest BCUT2D eigenvalue weighted by Gasteiger charge is 2.13. The summed E-state index contributed by atoms with van der Waals surface area (Å²) >= 11 is 0. The van der Waals surface area contributed by atoms with Crippen molar-refractivity contribution in [3.8, 4) is 11.5 Å². The van der Waals surface area contributed by atoms with Gasteiger partial charge in [0, 0.05) is 6.07 Å². The highest BCUT2D eigenvalue weighted by Crippen LogP contribution is 2.28. The van der Waals surface area contributed by atoms with Crippen LogP contribution in [0.15, 0.2) is 18.2 Å². The predicted molar refractivity (Wildman–Crippen MR) is 64.6 cm³/mol. The maximum atomic E-state index is 10.8. The molecule has 5 nitrogen and oxygen atoms in total. The smallest absolute Gasteiger partial charge is 0.276 e. The van der Waals surface area contributed by atoms with Crippen molar-refractivity contribution in [1.29, 1.82) is 0 Å². The van der Waals surface area contributed by atoms with Crippen molar-refractivity contribution in [3.63, 3.8) is 0 Å². The van der Waals surface area contributed by atoms with Gasteiger partial charge in [-0.25, -0.2) is 0 Å². The summed E-state index contributed by atoms with van der Waals surface area (Å²) < 4.78 is 10.9. The Balaban J connectivity index is 3.04. The Labute approximate surface area is 101 Å². The van der Waals surface area contributed by atoms with Crippen molar-refractivity contribution in [1.82, 2.24) is 0 Å². The molecule has 0 aliphatic carbocycles. The van der Waals surface area contributed by atoms with E-state index in [-0.39, 0.29) is 17.9 Å². The normalized spacial score (nSPS) is 10.7. The van der Waals surface area contributed by atoms with E-state index < -0.39 is 4.92 Å². The molecule has 0 N–H and O–H groups in total. The highest BCUT2D eigenvalue weighted by molar-refractivity contribution is 5.46. The van der Waals surface area contributed by atoms with Crippen LogP contribution in [0.5, 0.6) is 11.5 Å². The van der Waals surface area contributed by atoms with Crippen LogP contribution >= 0.6 is 0 Å². The molecule has 0 unspecified atom stereocenters. The van der Waals surface area contributed by atoms with Gasteiger partial charge in [0.15, 0.2) is 0 Å². The number of rotatable bonds is 5. The summed E-state index contributed by atoms with van der Waals surface area (Å²) in [5.41, 5.74) is -0.0289. The molecule has 1 rings (SSSR count). The molecule has 0 fully saturated rings. The van der Waals surface area contributed by atoms with E-state index in [1.165, 1.54) is 12.1 Å². The van der Waals surface area contributed by atoms with Crippen molar-refractivity contribution in [2.24, 2.45) is 0 Å². The van der Waals surface area contributed by atoms with E-state index in [1.807, 2.05) is 27.7 Å². The Morgan fingerprint density at radius 1 is 1.00 bits per heavy atom. The highest BCUT2D eigenvalue weighted by atomic mass is 16.6. The summed E-state index contributed by atoms with van der Waals surface area (Å²) in [4.78, 5) is 10.3. The van der Waals surface area contributed by atoms with E-state index in [0.717, 1.165) is 0 Å². The van der Waals surface area contributed by atoms with E-state index in [0.29, 0.717) is 11.5 Å². The second-order valence-corrected chi connectivity index (χ2v) is 4.25. The average Bonchev–Trinajstić information content (AvgIpc) is 2.14. The lowest BCUT2D eigenvalue weighted by Crippen LogP contribution is -2.08. The van der Waals surface area contributed by atoms with E-state index in [1.54, 1.807) is 6.07 Å². The van der Waals surface area contributed by atoms with E-state index in [4.69, 9.17) is 9.47 Å². The van der Waals surface area contributed by atoms with Crippen molar-refractivity contribution in [2.75, 3.05) is 0 Å². The van der Waals surface area contributed by atoms with Crippen LogP contribution in [0.4, 0.5) is 5.69 Å². The Kier molecular flexibility index (Phi) is 4.31. The molecule has 0 atom stereocenters. The summed E-state index contributed by atoms with van der Waals surface area (Å²) in [6.45, 7) is 7.45. The van der Waals surface area contributed by atoms with Crippen LogP contribution in [0.3, 0.4) is 0 Å². The zero-order valence-corrected chi connectivity index (χ0v) is 10.5. The summed E-state index contributed by atoms with van der Waals surface area (Å²) in [6.07, 6.45) is -0.0761. The predicted octanol–water partition coefficient (Wildman–Crippen LogP) is 3.17. The standard InChI is InChI=1S/C12H17NO4/c1-8(2)16-11-5-10(13(14)15)6-12(7-11)17-9(3)4/h5-9H,1-4H3. The Morgan fingerprint density at radius 2 is 1.41 bits per heavy atom. The van der Waals surface area contributed by atoms with Gasteiger partial charge >= 0.3 is 0 Å². The first-order chi connectivity index (χ1) is 7.88. The number of nitro benzene ring substituents is 1.